The summed E-state index contributed by atoms with van der Waals surface area (Å²) in [6, 6.07) is 3.91. The SMILES string of the molecule is C#CC1(O)CC[C@H]2[C@@H]3CCc4cc(OC)c(O)cc4[C@H]3CC[C@@]21C. The van der Waals surface area contributed by atoms with Crippen molar-refractivity contribution < 1.29 is 14.9 Å². The zero-order valence-electron chi connectivity index (χ0n) is 14.5. The fourth-order valence-electron chi connectivity index (χ4n) is 6.00. The summed E-state index contributed by atoms with van der Waals surface area (Å²) < 4.78 is 5.27. The maximum atomic E-state index is 11.0. The smallest absolute Gasteiger partial charge is 0.160 e. The van der Waals surface area contributed by atoms with E-state index in [1.165, 1.54) is 11.1 Å². The summed E-state index contributed by atoms with van der Waals surface area (Å²) in [4.78, 5) is 0. The third kappa shape index (κ3) is 1.90. The van der Waals surface area contributed by atoms with E-state index in [1.807, 2.05) is 12.1 Å². The van der Waals surface area contributed by atoms with Gasteiger partial charge in [-0.25, -0.2) is 0 Å². The van der Waals surface area contributed by atoms with Crippen molar-refractivity contribution in [3.05, 3.63) is 23.3 Å². The predicted octanol–water partition coefficient (Wildman–Crippen LogP) is 3.62. The monoisotopic (exact) mass is 326 g/mol. The van der Waals surface area contributed by atoms with Crippen LogP contribution in [0.2, 0.25) is 0 Å². The quantitative estimate of drug-likeness (QED) is 0.775. The minimum Gasteiger partial charge on any atom is -0.504 e. The molecular weight excluding hydrogens is 300 g/mol. The second-order valence-electron chi connectivity index (χ2n) is 8.14. The van der Waals surface area contributed by atoms with Crippen LogP contribution in [0.4, 0.5) is 0 Å². The number of terminal acetylenes is 1. The molecule has 128 valence electrons. The number of hydrogen-bond donors (Lipinski definition) is 2. The van der Waals surface area contributed by atoms with Gasteiger partial charge >= 0.3 is 0 Å². The van der Waals surface area contributed by atoms with E-state index in [0.717, 1.165) is 32.1 Å². The largest absolute Gasteiger partial charge is 0.504 e. The lowest BCUT2D eigenvalue weighted by Gasteiger charge is -2.52. The van der Waals surface area contributed by atoms with Crippen LogP contribution < -0.4 is 4.74 Å². The van der Waals surface area contributed by atoms with E-state index in [2.05, 4.69) is 12.8 Å². The van der Waals surface area contributed by atoms with Gasteiger partial charge in [-0.05, 0) is 79.5 Å². The molecule has 2 N–H and O–H groups in total. The number of aryl methyl sites for hydroxylation is 1. The molecule has 1 unspecified atom stereocenters. The first-order chi connectivity index (χ1) is 11.4. The predicted molar refractivity (Wildman–Crippen MR) is 93.1 cm³/mol. The van der Waals surface area contributed by atoms with Crippen LogP contribution in [0, 0.1) is 29.6 Å². The first kappa shape index (κ1) is 15.8. The van der Waals surface area contributed by atoms with E-state index in [4.69, 9.17) is 11.2 Å². The van der Waals surface area contributed by atoms with Crippen molar-refractivity contribution in [2.45, 2.75) is 57.0 Å². The van der Waals surface area contributed by atoms with Gasteiger partial charge in [0.2, 0.25) is 0 Å². The molecule has 3 heteroatoms. The molecule has 3 nitrogen and oxygen atoms in total. The van der Waals surface area contributed by atoms with Crippen molar-refractivity contribution in [2.75, 3.05) is 7.11 Å². The standard InChI is InChI=1S/C21H26O3/c1-4-21(23)10-8-17-15-6-5-13-11-19(24-3)18(22)12-16(13)14(15)7-9-20(17,21)2/h1,11-12,14-15,17,22-23H,5-10H2,2-3H3/t14-,15+,17-,20-,21?/m0/s1. The van der Waals surface area contributed by atoms with Gasteiger partial charge in [0, 0.05) is 5.41 Å². The lowest BCUT2D eigenvalue weighted by Crippen LogP contribution is -2.50. The molecule has 3 aliphatic carbocycles. The summed E-state index contributed by atoms with van der Waals surface area (Å²) >= 11 is 0. The summed E-state index contributed by atoms with van der Waals surface area (Å²) in [7, 11) is 1.60. The van der Waals surface area contributed by atoms with Crippen molar-refractivity contribution in [1.82, 2.24) is 0 Å². The molecule has 0 saturated heterocycles. The van der Waals surface area contributed by atoms with Gasteiger partial charge in [-0.15, -0.1) is 6.42 Å². The molecule has 0 amide bonds. The highest BCUT2D eigenvalue weighted by molar-refractivity contribution is 5.49. The van der Waals surface area contributed by atoms with Crippen LogP contribution in [-0.2, 0) is 6.42 Å². The molecule has 1 aromatic carbocycles. The van der Waals surface area contributed by atoms with Gasteiger partial charge < -0.3 is 14.9 Å². The highest BCUT2D eigenvalue weighted by atomic mass is 16.5. The van der Waals surface area contributed by atoms with Crippen molar-refractivity contribution in [1.29, 1.82) is 0 Å². The highest BCUT2D eigenvalue weighted by Crippen LogP contribution is 2.64. The zero-order valence-corrected chi connectivity index (χ0v) is 14.5. The molecule has 3 aliphatic rings. The van der Waals surface area contributed by atoms with Gasteiger partial charge in [0.15, 0.2) is 11.5 Å². The molecule has 0 bridgehead atoms. The van der Waals surface area contributed by atoms with Gasteiger partial charge in [-0.2, -0.15) is 0 Å². The Hall–Kier alpha value is -1.66. The molecule has 0 heterocycles. The molecular formula is C21H26O3. The number of fused-ring (bicyclic) bond motifs is 5. The number of benzene rings is 1. The Morgan fingerprint density at radius 3 is 2.75 bits per heavy atom. The first-order valence-corrected chi connectivity index (χ1v) is 9.03. The average molecular weight is 326 g/mol. The van der Waals surface area contributed by atoms with E-state index in [1.54, 1.807) is 7.11 Å². The zero-order chi connectivity index (χ0) is 17.1. The fourth-order valence-corrected chi connectivity index (χ4v) is 6.00. The molecule has 0 radical (unpaired) electrons. The summed E-state index contributed by atoms with van der Waals surface area (Å²) in [6.07, 6.45) is 11.6. The fraction of sp³-hybridized carbons (Fsp3) is 0.619. The van der Waals surface area contributed by atoms with Crippen LogP contribution in [0.5, 0.6) is 11.5 Å². The Morgan fingerprint density at radius 1 is 1.25 bits per heavy atom. The normalized spacial score (nSPS) is 40.2. The summed E-state index contributed by atoms with van der Waals surface area (Å²) in [6.45, 7) is 2.20. The molecule has 2 fully saturated rings. The van der Waals surface area contributed by atoms with E-state index < -0.39 is 5.60 Å². The maximum absolute atomic E-state index is 11.0. The average Bonchev–Trinajstić information content (AvgIpc) is 2.86. The number of hydrogen-bond acceptors (Lipinski definition) is 3. The summed E-state index contributed by atoms with van der Waals surface area (Å²) in [5.41, 5.74) is 1.46. The molecule has 0 aromatic heterocycles. The van der Waals surface area contributed by atoms with Crippen LogP contribution in [-0.4, -0.2) is 22.9 Å². The molecule has 2 saturated carbocycles. The maximum Gasteiger partial charge on any atom is 0.160 e. The number of ether oxygens (including phenoxy) is 1. The van der Waals surface area contributed by atoms with Crippen LogP contribution in [0.3, 0.4) is 0 Å². The van der Waals surface area contributed by atoms with Crippen LogP contribution >= 0.6 is 0 Å². The Bertz CT molecular complexity index is 719. The number of phenols is 1. The van der Waals surface area contributed by atoms with Gasteiger partial charge in [0.25, 0.3) is 0 Å². The molecule has 0 spiro atoms. The topological polar surface area (TPSA) is 49.7 Å². The van der Waals surface area contributed by atoms with Crippen LogP contribution in [0.15, 0.2) is 12.1 Å². The number of methoxy groups -OCH3 is 1. The van der Waals surface area contributed by atoms with Gasteiger partial charge in [-0.3, -0.25) is 0 Å². The first-order valence-electron chi connectivity index (χ1n) is 9.03. The number of rotatable bonds is 1. The summed E-state index contributed by atoms with van der Waals surface area (Å²) in [5, 5.41) is 21.2. The third-order valence-electron chi connectivity index (χ3n) is 7.41. The van der Waals surface area contributed by atoms with Crippen LogP contribution in [0.1, 0.15) is 56.1 Å². The lowest BCUT2D eigenvalue weighted by molar-refractivity contribution is -0.0647. The van der Waals surface area contributed by atoms with Gasteiger partial charge in [-0.1, -0.05) is 12.8 Å². The Labute approximate surface area is 144 Å². The van der Waals surface area contributed by atoms with E-state index >= 15 is 0 Å². The second kappa shape index (κ2) is 5.17. The minimum absolute atomic E-state index is 0.172. The van der Waals surface area contributed by atoms with Crippen molar-refractivity contribution in [3.63, 3.8) is 0 Å². The van der Waals surface area contributed by atoms with Gasteiger partial charge in [0.05, 0.1) is 7.11 Å². The van der Waals surface area contributed by atoms with E-state index in [-0.39, 0.29) is 11.2 Å². The van der Waals surface area contributed by atoms with Crippen molar-refractivity contribution >= 4 is 0 Å². The molecule has 0 aliphatic heterocycles. The summed E-state index contributed by atoms with van der Waals surface area (Å²) in [5.74, 6) is 4.99. The number of phenolic OH excluding ortho intramolecular Hbond substituents is 1. The number of aliphatic hydroxyl groups is 1. The van der Waals surface area contributed by atoms with Crippen molar-refractivity contribution in [2.24, 2.45) is 17.3 Å². The van der Waals surface area contributed by atoms with Gasteiger partial charge in [0.1, 0.15) is 5.60 Å². The Balaban J connectivity index is 1.72. The van der Waals surface area contributed by atoms with E-state index in [0.29, 0.717) is 29.9 Å². The third-order valence-corrected chi connectivity index (χ3v) is 7.41. The lowest BCUT2D eigenvalue weighted by atomic mass is 9.53. The molecule has 24 heavy (non-hydrogen) atoms. The highest BCUT2D eigenvalue weighted by Gasteiger charge is 2.61. The molecule has 1 aromatic rings. The van der Waals surface area contributed by atoms with Crippen molar-refractivity contribution in [3.8, 4) is 23.8 Å². The Morgan fingerprint density at radius 2 is 2.04 bits per heavy atom. The Kier molecular flexibility index (Phi) is 3.41. The van der Waals surface area contributed by atoms with E-state index in [9.17, 15) is 10.2 Å². The minimum atomic E-state index is -0.953. The molecule has 5 atom stereocenters. The number of aromatic hydroxyl groups is 1. The van der Waals surface area contributed by atoms with Crippen LogP contribution in [0.25, 0.3) is 0 Å². The second-order valence-corrected chi connectivity index (χ2v) is 8.14. The molecule has 4 rings (SSSR count).